The van der Waals surface area contributed by atoms with Gasteiger partial charge in [-0.3, -0.25) is 0 Å². The van der Waals surface area contributed by atoms with Crippen molar-refractivity contribution in [1.29, 1.82) is 0 Å². The van der Waals surface area contributed by atoms with Gasteiger partial charge in [-0.2, -0.15) is 0 Å². The Labute approximate surface area is 116 Å². The number of rotatable bonds is 8. The van der Waals surface area contributed by atoms with Gasteiger partial charge in [0.1, 0.15) is 12.4 Å². The van der Waals surface area contributed by atoms with E-state index in [0.717, 1.165) is 24.8 Å². The number of benzene rings is 1. The third kappa shape index (κ3) is 4.92. The van der Waals surface area contributed by atoms with Gasteiger partial charge in [-0.25, -0.2) is 0 Å². The van der Waals surface area contributed by atoms with Crippen LogP contribution in [0.15, 0.2) is 42.5 Å². The Morgan fingerprint density at radius 3 is 2.68 bits per heavy atom. The number of ether oxygens (including phenoxy) is 1. The highest BCUT2D eigenvalue weighted by atomic mass is 16.5. The zero-order chi connectivity index (χ0) is 13.5. The standard InChI is InChI=1S/C17H23NO/c1-3-11-19-17-9-5-15(6-10-17)12-14(4-2)13-18-16-7-8-16/h3,5-6,9-10,12,16,18H,1,4,7-8,11,13H2,2H3. The molecule has 1 saturated carbocycles. The fraction of sp³-hybridized carbons (Fsp3) is 0.412. The molecule has 0 bridgehead atoms. The van der Waals surface area contributed by atoms with Crippen LogP contribution in [0.25, 0.3) is 6.08 Å². The summed E-state index contributed by atoms with van der Waals surface area (Å²) in [5.74, 6) is 0.895. The van der Waals surface area contributed by atoms with Gasteiger partial charge in [0.15, 0.2) is 0 Å². The molecule has 0 saturated heterocycles. The molecule has 0 aliphatic heterocycles. The summed E-state index contributed by atoms with van der Waals surface area (Å²) in [7, 11) is 0. The van der Waals surface area contributed by atoms with Crippen LogP contribution in [-0.2, 0) is 0 Å². The number of hydrogen-bond acceptors (Lipinski definition) is 2. The van der Waals surface area contributed by atoms with Crippen molar-refractivity contribution in [2.24, 2.45) is 0 Å². The van der Waals surface area contributed by atoms with Crippen LogP contribution in [0.2, 0.25) is 0 Å². The Kier molecular flexibility index (Phi) is 5.22. The van der Waals surface area contributed by atoms with Gasteiger partial charge in [-0.15, -0.1) is 0 Å². The van der Waals surface area contributed by atoms with Crippen molar-refractivity contribution in [3.05, 3.63) is 48.1 Å². The first-order valence-corrected chi connectivity index (χ1v) is 7.08. The number of nitrogens with one attached hydrogen (secondary N) is 1. The molecule has 0 radical (unpaired) electrons. The van der Waals surface area contributed by atoms with E-state index in [4.69, 9.17) is 4.74 Å². The molecular formula is C17H23NO. The lowest BCUT2D eigenvalue weighted by Gasteiger charge is -2.07. The van der Waals surface area contributed by atoms with Crippen molar-refractivity contribution in [2.45, 2.75) is 32.2 Å². The second kappa shape index (κ2) is 7.15. The average molecular weight is 257 g/mol. The van der Waals surface area contributed by atoms with E-state index >= 15 is 0 Å². The molecule has 1 fully saturated rings. The molecule has 0 atom stereocenters. The molecule has 2 nitrogen and oxygen atoms in total. The highest BCUT2D eigenvalue weighted by molar-refractivity contribution is 5.54. The topological polar surface area (TPSA) is 21.3 Å². The Morgan fingerprint density at radius 2 is 2.11 bits per heavy atom. The predicted molar refractivity (Wildman–Crippen MR) is 81.4 cm³/mol. The fourth-order valence-electron chi connectivity index (χ4n) is 1.89. The quantitative estimate of drug-likeness (QED) is 0.715. The number of hydrogen-bond donors (Lipinski definition) is 1. The van der Waals surface area contributed by atoms with E-state index in [0.29, 0.717) is 6.61 Å². The van der Waals surface area contributed by atoms with Gasteiger partial charge in [0.2, 0.25) is 0 Å². The van der Waals surface area contributed by atoms with Crippen LogP contribution in [0.3, 0.4) is 0 Å². The largest absolute Gasteiger partial charge is 0.490 e. The summed E-state index contributed by atoms with van der Waals surface area (Å²) in [6.07, 6.45) is 7.80. The summed E-state index contributed by atoms with van der Waals surface area (Å²) >= 11 is 0. The molecular weight excluding hydrogens is 234 g/mol. The third-order valence-electron chi connectivity index (χ3n) is 3.27. The molecule has 0 heterocycles. The fourth-order valence-corrected chi connectivity index (χ4v) is 1.89. The van der Waals surface area contributed by atoms with Gasteiger partial charge in [0.05, 0.1) is 0 Å². The molecule has 19 heavy (non-hydrogen) atoms. The molecule has 1 aromatic carbocycles. The van der Waals surface area contributed by atoms with Gasteiger partial charge < -0.3 is 10.1 Å². The lowest BCUT2D eigenvalue weighted by atomic mass is 10.1. The van der Waals surface area contributed by atoms with Crippen molar-refractivity contribution >= 4 is 6.08 Å². The van der Waals surface area contributed by atoms with Crippen LogP contribution in [0.4, 0.5) is 0 Å². The maximum absolute atomic E-state index is 5.48. The monoisotopic (exact) mass is 257 g/mol. The highest BCUT2D eigenvalue weighted by Crippen LogP contribution is 2.20. The minimum Gasteiger partial charge on any atom is -0.490 e. The van der Waals surface area contributed by atoms with Crippen molar-refractivity contribution < 1.29 is 4.74 Å². The molecule has 1 aliphatic rings. The molecule has 2 heteroatoms. The van der Waals surface area contributed by atoms with Gasteiger partial charge in [-0.05, 0) is 37.0 Å². The molecule has 1 aliphatic carbocycles. The molecule has 2 rings (SSSR count). The van der Waals surface area contributed by atoms with Gasteiger partial charge in [-0.1, -0.05) is 43.4 Å². The van der Waals surface area contributed by atoms with Crippen LogP contribution in [-0.4, -0.2) is 19.2 Å². The van der Waals surface area contributed by atoms with Crippen molar-refractivity contribution in [2.75, 3.05) is 13.2 Å². The van der Waals surface area contributed by atoms with Crippen LogP contribution >= 0.6 is 0 Å². The van der Waals surface area contributed by atoms with Crippen LogP contribution in [0, 0.1) is 0 Å². The third-order valence-corrected chi connectivity index (χ3v) is 3.27. The SMILES string of the molecule is C=CCOc1ccc(C=C(CC)CNC2CC2)cc1. The first-order chi connectivity index (χ1) is 9.31. The molecule has 1 N–H and O–H groups in total. The van der Waals surface area contributed by atoms with E-state index in [1.165, 1.54) is 24.0 Å². The summed E-state index contributed by atoms with van der Waals surface area (Å²) < 4.78 is 5.48. The van der Waals surface area contributed by atoms with Crippen molar-refractivity contribution in [1.82, 2.24) is 5.32 Å². The Balaban J connectivity index is 1.92. The first-order valence-electron chi connectivity index (χ1n) is 7.08. The van der Waals surface area contributed by atoms with E-state index in [9.17, 15) is 0 Å². The minimum absolute atomic E-state index is 0.556. The maximum atomic E-state index is 5.48. The molecule has 0 aromatic heterocycles. The lowest BCUT2D eigenvalue weighted by Crippen LogP contribution is -2.18. The van der Waals surface area contributed by atoms with E-state index in [1.54, 1.807) is 6.08 Å². The summed E-state index contributed by atoms with van der Waals surface area (Å²) in [5, 5.41) is 3.56. The van der Waals surface area contributed by atoms with E-state index < -0.39 is 0 Å². The second-order valence-electron chi connectivity index (χ2n) is 4.98. The summed E-state index contributed by atoms with van der Waals surface area (Å²) in [5.41, 5.74) is 2.69. The first kappa shape index (κ1) is 13.9. The Bertz CT molecular complexity index is 429. The zero-order valence-corrected chi connectivity index (χ0v) is 11.7. The van der Waals surface area contributed by atoms with E-state index in [1.807, 2.05) is 12.1 Å². The summed E-state index contributed by atoms with van der Waals surface area (Å²) in [6, 6.07) is 8.99. The lowest BCUT2D eigenvalue weighted by molar-refractivity contribution is 0.363. The Hall–Kier alpha value is -1.54. The van der Waals surface area contributed by atoms with E-state index in [2.05, 4.69) is 37.0 Å². The van der Waals surface area contributed by atoms with Crippen molar-refractivity contribution in [3.8, 4) is 5.75 Å². The van der Waals surface area contributed by atoms with Gasteiger partial charge >= 0.3 is 0 Å². The smallest absolute Gasteiger partial charge is 0.119 e. The van der Waals surface area contributed by atoms with Crippen LogP contribution < -0.4 is 10.1 Å². The molecule has 102 valence electrons. The second-order valence-corrected chi connectivity index (χ2v) is 4.98. The molecule has 1 aromatic rings. The molecule has 0 unspecified atom stereocenters. The molecule has 0 amide bonds. The van der Waals surface area contributed by atoms with Gasteiger partial charge in [0.25, 0.3) is 0 Å². The normalized spacial score (nSPS) is 15.3. The van der Waals surface area contributed by atoms with E-state index in [-0.39, 0.29) is 0 Å². The highest BCUT2D eigenvalue weighted by Gasteiger charge is 2.19. The zero-order valence-electron chi connectivity index (χ0n) is 11.7. The Morgan fingerprint density at radius 1 is 1.37 bits per heavy atom. The van der Waals surface area contributed by atoms with Crippen LogP contribution in [0.1, 0.15) is 31.7 Å². The van der Waals surface area contributed by atoms with Gasteiger partial charge in [0, 0.05) is 12.6 Å². The maximum Gasteiger partial charge on any atom is 0.119 e. The van der Waals surface area contributed by atoms with Crippen LogP contribution in [0.5, 0.6) is 5.75 Å². The minimum atomic E-state index is 0.556. The predicted octanol–water partition coefficient (Wildman–Crippen LogP) is 3.80. The average Bonchev–Trinajstić information content (AvgIpc) is 3.26. The summed E-state index contributed by atoms with van der Waals surface area (Å²) in [4.78, 5) is 0. The molecule has 0 spiro atoms. The summed E-state index contributed by atoms with van der Waals surface area (Å²) in [6.45, 7) is 7.42. The van der Waals surface area contributed by atoms with Crippen molar-refractivity contribution in [3.63, 3.8) is 0 Å².